The molecule has 0 aromatic carbocycles. The third-order valence-electron chi connectivity index (χ3n) is 0.764. The van der Waals surface area contributed by atoms with Gasteiger partial charge in [-0.2, -0.15) is 13.5 Å². The number of hydrogen-bond acceptors (Lipinski definition) is 5. The van der Waals surface area contributed by atoms with E-state index in [0.717, 1.165) is 20.1 Å². The van der Waals surface area contributed by atoms with Gasteiger partial charge in [-0.05, 0) is 6.42 Å². The molecule has 0 aromatic rings. The summed E-state index contributed by atoms with van der Waals surface area (Å²) < 4.78 is 29.7. The van der Waals surface area contributed by atoms with E-state index in [1.807, 2.05) is 14.1 Å². The molecule has 0 rings (SSSR count). The van der Waals surface area contributed by atoms with E-state index in [4.69, 9.17) is 9.39 Å². The first-order valence-corrected chi connectivity index (χ1v) is 5.03. The van der Waals surface area contributed by atoms with Crippen LogP contribution in [-0.4, -0.2) is 45.8 Å². The molecule has 0 fully saturated rings. The maximum Gasteiger partial charge on any atom is 0.397 e. The summed E-state index contributed by atoms with van der Waals surface area (Å²) in [5, 5.41) is 1.71. The Kier molecular flexibility index (Phi) is 9.86. The Bertz CT molecular complexity index is 189. The van der Waals surface area contributed by atoms with Crippen LogP contribution in [0.5, 0.6) is 0 Å². The average Bonchev–Trinajstić information content (AvgIpc) is 2.01. The molecule has 0 saturated carbocycles. The summed E-state index contributed by atoms with van der Waals surface area (Å²) in [4.78, 5) is 5.02. The van der Waals surface area contributed by atoms with E-state index in [1.54, 1.807) is 5.06 Å². The third kappa shape index (κ3) is 24.5. The van der Waals surface area contributed by atoms with Crippen LogP contribution in [0.4, 0.5) is 0 Å². The minimum Gasteiger partial charge on any atom is -0.300 e. The molecule has 13 heavy (non-hydrogen) atoms. The molecule has 0 aromatic heterocycles. The summed E-state index contributed by atoms with van der Waals surface area (Å²) in [7, 11) is 0.478. The van der Waals surface area contributed by atoms with Crippen molar-refractivity contribution >= 4 is 10.4 Å². The molecule has 0 radical (unpaired) electrons. The predicted octanol–water partition coefficient (Wildman–Crippen LogP) is 0.325. The van der Waals surface area contributed by atoms with Crippen LogP contribution in [0.25, 0.3) is 0 Å². The lowest BCUT2D eigenvalue weighted by molar-refractivity contribution is -0.119. The molecule has 0 aliphatic heterocycles. The molecule has 0 bridgehead atoms. The number of nitrogens with zero attached hydrogens (tertiary/aromatic N) is 1. The van der Waals surface area contributed by atoms with Crippen LogP contribution in [0.3, 0.4) is 0 Å². The maximum atomic E-state index is 9.33. The van der Waals surface area contributed by atoms with Crippen LogP contribution in [0.15, 0.2) is 0 Å². The number of rotatable bonds is 4. The monoisotopic (exact) mass is 215 g/mol. The molecular formula is C6H17NO5S. The highest BCUT2D eigenvalue weighted by atomic mass is 32.3. The van der Waals surface area contributed by atoms with Crippen molar-refractivity contribution in [1.29, 1.82) is 0 Å². The van der Waals surface area contributed by atoms with Gasteiger partial charge < -0.3 is 0 Å². The van der Waals surface area contributed by atoms with Gasteiger partial charge in [0, 0.05) is 14.1 Å². The number of hydroxylamine groups is 2. The van der Waals surface area contributed by atoms with E-state index in [2.05, 4.69) is 11.1 Å². The standard InChI is InChI=1S/C5H13NO.CH4O4S/c1-4-5-7-6(2)3;1-5-6(2,3)4/h4-5H2,1-3H3;1H3,(H,2,3,4). The zero-order valence-corrected chi connectivity index (χ0v) is 9.17. The van der Waals surface area contributed by atoms with Crippen molar-refractivity contribution in [2.75, 3.05) is 27.8 Å². The molecular weight excluding hydrogens is 198 g/mol. The molecule has 0 saturated heterocycles. The van der Waals surface area contributed by atoms with Gasteiger partial charge in [-0.25, -0.2) is 0 Å². The summed E-state index contributed by atoms with van der Waals surface area (Å²) in [5.41, 5.74) is 0. The first kappa shape index (κ1) is 15.3. The molecule has 7 heteroatoms. The molecule has 0 unspecified atom stereocenters. The minimum absolute atomic E-state index is 0.826. The van der Waals surface area contributed by atoms with E-state index in [9.17, 15) is 8.42 Å². The van der Waals surface area contributed by atoms with E-state index in [-0.39, 0.29) is 0 Å². The fraction of sp³-hybridized carbons (Fsp3) is 1.00. The van der Waals surface area contributed by atoms with Gasteiger partial charge in [0.2, 0.25) is 0 Å². The van der Waals surface area contributed by atoms with Crippen molar-refractivity contribution in [2.45, 2.75) is 13.3 Å². The van der Waals surface area contributed by atoms with Gasteiger partial charge in [-0.15, -0.1) is 0 Å². The SMILES string of the molecule is CCCON(C)C.COS(=O)(=O)O. The Hall–Kier alpha value is -0.210. The highest BCUT2D eigenvalue weighted by Crippen LogP contribution is 1.80. The van der Waals surface area contributed by atoms with E-state index < -0.39 is 10.4 Å². The van der Waals surface area contributed by atoms with Gasteiger partial charge in [0.1, 0.15) is 0 Å². The Labute approximate surface area is 79.3 Å². The average molecular weight is 215 g/mol. The van der Waals surface area contributed by atoms with Crippen molar-refractivity contribution in [3.8, 4) is 0 Å². The van der Waals surface area contributed by atoms with Gasteiger partial charge in [-0.1, -0.05) is 6.92 Å². The Morgan fingerprint density at radius 2 is 1.77 bits per heavy atom. The second-order valence-corrected chi connectivity index (χ2v) is 3.43. The minimum atomic E-state index is -4.16. The first-order valence-electron chi connectivity index (χ1n) is 3.66. The van der Waals surface area contributed by atoms with Gasteiger partial charge in [0.15, 0.2) is 0 Å². The third-order valence-corrected chi connectivity index (χ3v) is 1.19. The summed E-state index contributed by atoms with van der Waals surface area (Å²) in [6, 6.07) is 0. The fourth-order valence-electron chi connectivity index (χ4n) is 0.274. The number of hydrogen-bond donors (Lipinski definition) is 1. The zero-order valence-electron chi connectivity index (χ0n) is 8.35. The molecule has 0 amide bonds. The summed E-state index contributed by atoms with van der Waals surface area (Å²) in [6.45, 7) is 2.91. The van der Waals surface area contributed by atoms with Crippen LogP contribution in [0.2, 0.25) is 0 Å². The first-order chi connectivity index (χ1) is 5.83. The summed E-state index contributed by atoms with van der Waals surface area (Å²) in [6.07, 6.45) is 1.08. The molecule has 0 aliphatic rings. The van der Waals surface area contributed by atoms with Crippen molar-refractivity contribution in [1.82, 2.24) is 5.06 Å². The van der Waals surface area contributed by atoms with E-state index >= 15 is 0 Å². The molecule has 1 N–H and O–H groups in total. The van der Waals surface area contributed by atoms with Crippen molar-refractivity contribution < 1.29 is 22.0 Å². The summed E-state index contributed by atoms with van der Waals surface area (Å²) >= 11 is 0. The maximum absolute atomic E-state index is 9.33. The summed E-state index contributed by atoms with van der Waals surface area (Å²) in [5.74, 6) is 0. The van der Waals surface area contributed by atoms with Crippen LogP contribution in [0.1, 0.15) is 13.3 Å². The van der Waals surface area contributed by atoms with Crippen molar-refractivity contribution in [2.24, 2.45) is 0 Å². The second kappa shape index (κ2) is 8.39. The van der Waals surface area contributed by atoms with Crippen molar-refractivity contribution in [3.63, 3.8) is 0 Å². The Morgan fingerprint density at radius 3 is 1.85 bits per heavy atom. The zero-order chi connectivity index (χ0) is 10.9. The normalized spacial score (nSPS) is 10.9. The quantitative estimate of drug-likeness (QED) is 0.538. The van der Waals surface area contributed by atoms with Crippen molar-refractivity contribution in [3.05, 3.63) is 0 Å². The van der Waals surface area contributed by atoms with E-state index in [0.29, 0.717) is 0 Å². The molecule has 0 aliphatic carbocycles. The van der Waals surface area contributed by atoms with Gasteiger partial charge >= 0.3 is 10.4 Å². The highest BCUT2D eigenvalue weighted by Gasteiger charge is 1.94. The van der Waals surface area contributed by atoms with Gasteiger partial charge in [0.05, 0.1) is 13.7 Å². The lowest BCUT2D eigenvalue weighted by Crippen LogP contribution is -2.12. The van der Waals surface area contributed by atoms with Gasteiger partial charge in [0.25, 0.3) is 0 Å². The van der Waals surface area contributed by atoms with E-state index in [1.165, 1.54) is 0 Å². The van der Waals surface area contributed by atoms with Crippen LogP contribution < -0.4 is 0 Å². The lowest BCUT2D eigenvalue weighted by Gasteiger charge is -2.07. The molecule has 6 nitrogen and oxygen atoms in total. The Balaban J connectivity index is 0. The highest BCUT2D eigenvalue weighted by molar-refractivity contribution is 7.80. The molecule has 0 atom stereocenters. The molecule has 82 valence electrons. The second-order valence-electron chi connectivity index (χ2n) is 2.24. The van der Waals surface area contributed by atoms with Crippen LogP contribution >= 0.6 is 0 Å². The smallest absolute Gasteiger partial charge is 0.300 e. The predicted molar refractivity (Wildman–Crippen MR) is 48.5 cm³/mol. The largest absolute Gasteiger partial charge is 0.397 e. The fourth-order valence-corrected chi connectivity index (χ4v) is 0.274. The Morgan fingerprint density at radius 1 is 1.38 bits per heavy atom. The topological polar surface area (TPSA) is 76.1 Å². The van der Waals surface area contributed by atoms with Gasteiger partial charge in [-0.3, -0.25) is 13.6 Å². The molecule has 0 heterocycles. The van der Waals surface area contributed by atoms with Crippen LogP contribution in [0, 0.1) is 0 Å². The molecule has 0 spiro atoms. The van der Waals surface area contributed by atoms with Crippen LogP contribution in [-0.2, 0) is 19.4 Å². The lowest BCUT2D eigenvalue weighted by atomic mass is 10.5.